The molecule has 160 valence electrons. The molecule has 2 aromatic rings. The van der Waals surface area contributed by atoms with E-state index >= 15 is 0 Å². The minimum atomic E-state index is -0.631. The molecule has 1 fully saturated rings. The molecular formula is C23H21IN2O4S. The van der Waals surface area contributed by atoms with Crippen LogP contribution in [0.4, 0.5) is 0 Å². The van der Waals surface area contributed by atoms with Crippen LogP contribution in [0.5, 0.6) is 0 Å². The highest BCUT2D eigenvalue weighted by molar-refractivity contribution is 14.1. The van der Waals surface area contributed by atoms with Gasteiger partial charge in [0.05, 0.1) is 6.42 Å². The summed E-state index contributed by atoms with van der Waals surface area (Å²) in [5.74, 6) is -0.351. The smallest absolute Gasteiger partial charge is 0.355 e. The number of hydrogen-bond donors (Lipinski definition) is 1. The summed E-state index contributed by atoms with van der Waals surface area (Å²) in [6.07, 6.45) is 0.211. The van der Waals surface area contributed by atoms with Gasteiger partial charge in [-0.3, -0.25) is 14.5 Å². The lowest BCUT2D eigenvalue weighted by molar-refractivity contribution is -0.153. The third kappa shape index (κ3) is 4.79. The minimum Gasteiger partial charge on any atom is -0.456 e. The van der Waals surface area contributed by atoms with Crippen LogP contribution in [0.15, 0.2) is 71.9 Å². The molecule has 8 heteroatoms. The predicted molar refractivity (Wildman–Crippen MR) is 127 cm³/mol. The zero-order valence-electron chi connectivity index (χ0n) is 16.6. The number of ether oxygens (including phenoxy) is 1. The lowest BCUT2D eigenvalue weighted by Gasteiger charge is -2.49. The van der Waals surface area contributed by atoms with Gasteiger partial charge in [-0.2, -0.15) is 0 Å². The van der Waals surface area contributed by atoms with Crippen LogP contribution in [0.25, 0.3) is 0 Å². The van der Waals surface area contributed by atoms with E-state index in [0.717, 1.165) is 16.7 Å². The van der Waals surface area contributed by atoms with Gasteiger partial charge in [-0.15, -0.1) is 11.8 Å². The van der Waals surface area contributed by atoms with Crippen molar-refractivity contribution in [1.82, 2.24) is 10.2 Å². The van der Waals surface area contributed by atoms with Crippen molar-refractivity contribution in [1.29, 1.82) is 0 Å². The van der Waals surface area contributed by atoms with Crippen molar-refractivity contribution >= 4 is 52.1 Å². The Morgan fingerprint density at radius 1 is 1.06 bits per heavy atom. The molecule has 0 saturated carbocycles. The Morgan fingerprint density at radius 3 is 2.35 bits per heavy atom. The molecule has 0 radical (unpaired) electrons. The number of halogens is 1. The van der Waals surface area contributed by atoms with Crippen molar-refractivity contribution in [3.8, 4) is 0 Å². The first kappa shape index (κ1) is 21.9. The van der Waals surface area contributed by atoms with E-state index in [2.05, 4.69) is 27.9 Å². The second-order valence-corrected chi connectivity index (χ2v) is 9.13. The monoisotopic (exact) mass is 548 g/mol. The van der Waals surface area contributed by atoms with Crippen molar-refractivity contribution in [2.75, 3.05) is 10.2 Å². The number of fused-ring (bicyclic) bond motifs is 1. The molecule has 2 aromatic carbocycles. The molecule has 31 heavy (non-hydrogen) atoms. The van der Waals surface area contributed by atoms with Crippen LogP contribution in [0.1, 0.15) is 11.1 Å². The van der Waals surface area contributed by atoms with Crippen LogP contribution in [-0.4, -0.2) is 44.3 Å². The van der Waals surface area contributed by atoms with Gasteiger partial charge in [0.1, 0.15) is 23.7 Å². The van der Waals surface area contributed by atoms with Gasteiger partial charge in [0.25, 0.3) is 5.91 Å². The fourth-order valence-electron chi connectivity index (χ4n) is 3.57. The molecule has 4 rings (SSSR count). The molecule has 6 nitrogen and oxygen atoms in total. The lowest BCUT2D eigenvalue weighted by atomic mass is 10.0. The first-order valence-electron chi connectivity index (χ1n) is 9.85. The van der Waals surface area contributed by atoms with E-state index in [4.69, 9.17) is 4.74 Å². The number of amides is 2. The highest BCUT2D eigenvalue weighted by Gasteiger charge is 2.54. The zero-order chi connectivity index (χ0) is 21.8. The van der Waals surface area contributed by atoms with Gasteiger partial charge in [-0.05, 0) is 16.7 Å². The second-order valence-electron chi connectivity index (χ2n) is 7.26. The Bertz CT molecular complexity index is 1010. The molecular weight excluding hydrogens is 527 g/mol. The van der Waals surface area contributed by atoms with Crippen LogP contribution in [0, 0.1) is 0 Å². The standard InChI is InChI=1S/C23H21IN2O4S/c24-12-17-14-31-22-19(25-18(27)11-15-7-3-1-4-8-15)21(28)26(22)20(17)23(29)30-13-16-9-5-2-6-10-16/h1-10,19,22H,11-14H2,(H,25,27)/t19?,22-/m0/s1. The molecule has 1 unspecified atom stereocenters. The van der Waals surface area contributed by atoms with Gasteiger partial charge < -0.3 is 10.1 Å². The van der Waals surface area contributed by atoms with E-state index in [1.165, 1.54) is 4.90 Å². The first-order valence-corrected chi connectivity index (χ1v) is 12.4. The maximum absolute atomic E-state index is 12.9. The minimum absolute atomic E-state index is 0.148. The molecule has 0 aromatic heterocycles. The average molecular weight is 548 g/mol. The number of thioether (sulfide) groups is 1. The lowest BCUT2D eigenvalue weighted by Crippen LogP contribution is -2.70. The van der Waals surface area contributed by atoms with Crippen molar-refractivity contribution in [3.05, 3.63) is 83.1 Å². The highest BCUT2D eigenvalue weighted by atomic mass is 127. The highest BCUT2D eigenvalue weighted by Crippen LogP contribution is 2.41. The quantitative estimate of drug-likeness (QED) is 0.249. The summed E-state index contributed by atoms with van der Waals surface area (Å²) >= 11 is 3.76. The van der Waals surface area contributed by atoms with E-state index in [1.807, 2.05) is 60.7 Å². The summed E-state index contributed by atoms with van der Waals surface area (Å²) in [7, 11) is 0. The number of rotatable bonds is 7. The normalized spacial score (nSPS) is 20.0. The Kier molecular flexibility index (Phi) is 6.96. The maximum atomic E-state index is 12.9. The molecule has 2 amide bonds. The molecule has 2 aliphatic rings. The van der Waals surface area contributed by atoms with Gasteiger partial charge in [0.15, 0.2) is 0 Å². The number of β-lactam (4-membered cyclic amide) rings is 1. The zero-order valence-corrected chi connectivity index (χ0v) is 19.6. The van der Waals surface area contributed by atoms with Gasteiger partial charge in [-0.25, -0.2) is 4.79 Å². The van der Waals surface area contributed by atoms with Crippen LogP contribution < -0.4 is 5.32 Å². The van der Waals surface area contributed by atoms with Gasteiger partial charge in [0, 0.05) is 10.2 Å². The number of alkyl halides is 1. The molecule has 1 saturated heterocycles. The Morgan fingerprint density at radius 2 is 1.71 bits per heavy atom. The van der Waals surface area contributed by atoms with Crippen LogP contribution in [0.3, 0.4) is 0 Å². The van der Waals surface area contributed by atoms with Crippen molar-refractivity contribution < 1.29 is 19.1 Å². The third-order valence-electron chi connectivity index (χ3n) is 5.14. The number of carbonyl (C=O) groups excluding carboxylic acids is 3. The SMILES string of the molecule is O=C(Cc1ccccc1)NC1C(=O)N2C(C(=O)OCc3ccccc3)=C(CI)CS[C@@H]12. The van der Waals surface area contributed by atoms with Gasteiger partial charge >= 0.3 is 5.97 Å². The maximum Gasteiger partial charge on any atom is 0.355 e. The van der Waals surface area contributed by atoms with Crippen LogP contribution in [0.2, 0.25) is 0 Å². The topological polar surface area (TPSA) is 75.7 Å². The Labute approximate surface area is 198 Å². The van der Waals surface area contributed by atoms with Gasteiger partial charge in [-0.1, -0.05) is 83.3 Å². The number of nitrogens with zero attached hydrogens (tertiary/aromatic N) is 1. The number of esters is 1. The number of carbonyl (C=O) groups is 3. The fraction of sp³-hybridized carbons (Fsp3) is 0.261. The van der Waals surface area contributed by atoms with Crippen molar-refractivity contribution in [2.24, 2.45) is 0 Å². The summed E-state index contributed by atoms with van der Waals surface area (Å²) in [4.78, 5) is 39.7. The molecule has 0 bridgehead atoms. The number of nitrogens with one attached hydrogen (secondary N) is 1. The fourth-order valence-corrected chi connectivity index (χ4v) is 5.91. The molecule has 2 heterocycles. The third-order valence-corrected chi connectivity index (χ3v) is 7.40. The molecule has 1 N–H and O–H groups in total. The summed E-state index contributed by atoms with van der Waals surface area (Å²) in [6.45, 7) is 0.148. The summed E-state index contributed by atoms with van der Waals surface area (Å²) in [5, 5.41) is 2.54. The van der Waals surface area contributed by atoms with E-state index in [9.17, 15) is 14.4 Å². The first-order chi connectivity index (χ1) is 15.1. The molecule has 2 aliphatic heterocycles. The number of hydrogen-bond acceptors (Lipinski definition) is 5. The van der Waals surface area contributed by atoms with E-state index in [-0.39, 0.29) is 30.2 Å². The van der Waals surface area contributed by atoms with Crippen molar-refractivity contribution in [3.63, 3.8) is 0 Å². The van der Waals surface area contributed by atoms with Crippen molar-refractivity contribution in [2.45, 2.75) is 24.4 Å². The van der Waals surface area contributed by atoms with Crippen LogP contribution in [-0.2, 0) is 32.1 Å². The van der Waals surface area contributed by atoms with E-state index in [0.29, 0.717) is 15.9 Å². The molecule has 0 spiro atoms. The second kappa shape index (κ2) is 9.86. The summed E-state index contributed by atoms with van der Waals surface area (Å²) in [5.41, 5.74) is 2.97. The van der Waals surface area contributed by atoms with E-state index < -0.39 is 12.0 Å². The van der Waals surface area contributed by atoms with Gasteiger partial charge in [0.2, 0.25) is 5.91 Å². The Balaban J connectivity index is 1.42. The molecule has 0 aliphatic carbocycles. The summed E-state index contributed by atoms with van der Waals surface area (Å²) in [6, 6.07) is 18.2. The molecule has 2 atom stereocenters. The Hall–Kier alpha value is -2.33. The van der Waals surface area contributed by atoms with E-state index in [1.54, 1.807) is 11.8 Å². The summed E-state index contributed by atoms with van der Waals surface area (Å²) < 4.78 is 6.13. The number of benzene rings is 2. The predicted octanol–water partition coefficient (Wildman–Crippen LogP) is 3.06. The van der Waals surface area contributed by atoms with Crippen LogP contribution >= 0.6 is 34.4 Å². The largest absolute Gasteiger partial charge is 0.456 e. The average Bonchev–Trinajstić information content (AvgIpc) is 2.81.